The van der Waals surface area contributed by atoms with E-state index in [4.69, 9.17) is 4.74 Å². The van der Waals surface area contributed by atoms with Gasteiger partial charge in [0.25, 0.3) is 0 Å². The van der Waals surface area contributed by atoms with E-state index in [-0.39, 0.29) is 17.9 Å². The van der Waals surface area contributed by atoms with Gasteiger partial charge in [-0.15, -0.1) is 11.3 Å². The van der Waals surface area contributed by atoms with Crippen LogP contribution in [-0.2, 0) is 9.53 Å². The molecule has 0 unspecified atom stereocenters. The molecule has 0 bridgehead atoms. The number of likely N-dealkylation sites (tertiary alicyclic amines) is 1. The smallest absolute Gasteiger partial charge is 0.308 e. The molecule has 0 spiro atoms. The highest BCUT2D eigenvalue weighted by Crippen LogP contribution is 2.36. The number of rotatable bonds is 3. The standard InChI is InChI=1S/C16H24N2O3S/c1-10-9-22-15(17-10)11-3-5-18(6-4-11)13-7-12(8-14(13)19)16(20)21-2/h9,11-14,19H,3-8H2,1-2H3/t12-,13+,14+/m1/s1. The maximum absolute atomic E-state index is 11.7. The van der Waals surface area contributed by atoms with Crippen LogP contribution in [0.2, 0.25) is 0 Å². The minimum absolute atomic E-state index is 0.100. The molecule has 0 amide bonds. The fourth-order valence-electron chi connectivity index (χ4n) is 3.78. The highest BCUT2D eigenvalue weighted by Gasteiger charge is 2.41. The molecule has 1 aromatic heterocycles. The second-order valence-corrected chi connectivity index (χ2v) is 7.35. The number of carbonyl (C=O) groups is 1. The third-order valence-corrected chi connectivity index (χ3v) is 6.14. The third-order valence-electron chi connectivity index (χ3n) is 5.02. The van der Waals surface area contributed by atoms with Gasteiger partial charge in [0, 0.05) is 23.0 Å². The fourth-order valence-corrected chi connectivity index (χ4v) is 4.75. The maximum atomic E-state index is 11.7. The Morgan fingerprint density at radius 1 is 1.41 bits per heavy atom. The van der Waals surface area contributed by atoms with E-state index in [1.165, 1.54) is 12.1 Å². The Bertz CT molecular complexity index is 525. The summed E-state index contributed by atoms with van der Waals surface area (Å²) >= 11 is 1.76. The number of aliphatic hydroxyl groups excluding tert-OH is 1. The normalized spacial score (nSPS) is 30.6. The minimum atomic E-state index is -0.414. The van der Waals surface area contributed by atoms with E-state index < -0.39 is 6.10 Å². The quantitative estimate of drug-likeness (QED) is 0.861. The van der Waals surface area contributed by atoms with E-state index >= 15 is 0 Å². The van der Waals surface area contributed by atoms with Crippen LogP contribution >= 0.6 is 11.3 Å². The van der Waals surface area contributed by atoms with Crippen molar-refractivity contribution in [3.63, 3.8) is 0 Å². The molecule has 22 heavy (non-hydrogen) atoms. The largest absolute Gasteiger partial charge is 0.469 e. The predicted molar refractivity (Wildman–Crippen MR) is 84.9 cm³/mol. The molecule has 3 rings (SSSR count). The molecule has 5 nitrogen and oxygen atoms in total. The molecule has 3 atom stereocenters. The summed E-state index contributed by atoms with van der Waals surface area (Å²) in [5.74, 6) is 0.212. The number of carbonyl (C=O) groups excluding carboxylic acids is 1. The summed E-state index contributed by atoms with van der Waals surface area (Å²) in [6, 6.07) is 0.100. The van der Waals surface area contributed by atoms with Crippen molar-refractivity contribution in [2.24, 2.45) is 5.92 Å². The maximum Gasteiger partial charge on any atom is 0.308 e. The lowest BCUT2D eigenvalue weighted by atomic mass is 9.95. The summed E-state index contributed by atoms with van der Waals surface area (Å²) < 4.78 is 4.82. The van der Waals surface area contributed by atoms with E-state index in [1.54, 1.807) is 11.3 Å². The van der Waals surface area contributed by atoms with Crippen LogP contribution in [-0.4, -0.2) is 53.3 Å². The Labute approximate surface area is 135 Å². The van der Waals surface area contributed by atoms with Gasteiger partial charge in [0.2, 0.25) is 0 Å². The molecule has 2 fully saturated rings. The highest BCUT2D eigenvalue weighted by atomic mass is 32.1. The van der Waals surface area contributed by atoms with Crippen molar-refractivity contribution >= 4 is 17.3 Å². The predicted octanol–water partition coefficient (Wildman–Crippen LogP) is 1.94. The van der Waals surface area contributed by atoms with Crippen molar-refractivity contribution in [3.05, 3.63) is 16.1 Å². The van der Waals surface area contributed by atoms with Crippen molar-refractivity contribution in [3.8, 4) is 0 Å². The number of ether oxygens (including phenoxy) is 1. The number of hydrogen-bond acceptors (Lipinski definition) is 6. The molecule has 1 saturated carbocycles. The number of thiazole rings is 1. The molecule has 0 radical (unpaired) electrons. The first kappa shape index (κ1) is 15.9. The van der Waals surface area contributed by atoms with Gasteiger partial charge in [-0.3, -0.25) is 9.69 Å². The van der Waals surface area contributed by atoms with Crippen molar-refractivity contribution < 1.29 is 14.6 Å². The molecular weight excluding hydrogens is 300 g/mol. The first-order valence-corrected chi connectivity index (χ1v) is 8.88. The Balaban J connectivity index is 1.56. The third kappa shape index (κ3) is 3.19. The molecule has 1 aliphatic heterocycles. The van der Waals surface area contributed by atoms with E-state index in [2.05, 4.69) is 15.3 Å². The van der Waals surface area contributed by atoms with Gasteiger partial charge in [0.1, 0.15) is 0 Å². The van der Waals surface area contributed by atoms with Crippen LogP contribution in [0.4, 0.5) is 0 Å². The van der Waals surface area contributed by atoms with E-state index in [0.717, 1.165) is 38.0 Å². The summed E-state index contributed by atoms with van der Waals surface area (Å²) in [7, 11) is 1.42. The van der Waals surface area contributed by atoms with E-state index in [1.807, 2.05) is 6.92 Å². The van der Waals surface area contributed by atoms with Crippen LogP contribution in [0.1, 0.15) is 42.3 Å². The van der Waals surface area contributed by atoms with Gasteiger partial charge >= 0.3 is 5.97 Å². The Hall–Kier alpha value is -0.980. The number of esters is 1. The van der Waals surface area contributed by atoms with Crippen molar-refractivity contribution in [2.75, 3.05) is 20.2 Å². The summed E-state index contributed by atoms with van der Waals surface area (Å²) in [4.78, 5) is 18.6. The molecule has 1 aliphatic carbocycles. The van der Waals surface area contributed by atoms with Crippen LogP contribution in [0.3, 0.4) is 0 Å². The van der Waals surface area contributed by atoms with Gasteiger partial charge in [-0.05, 0) is 45.7 Å². The van der Waals surface area contributed by atoms with Gasteiger partial charge in [0.05, 0.1) is 24.1 Å². The van der Waals surface area contributed by atoms with Crippen LogP contribution < -0.4 is 0 Å². The molecule has 0 aromatic carbocycles. The summed E-state index contributed by atoms with van der Waals surface area (Å²) in [5, 5.41) is 13.6. The van der Waals surface area contributed by atoms with Crippen molar-refractivity contribution in [2.45, 2.75) is 50.7 Å². The number of hydrogen-bond donors (Lipinski definition) is 1. The lowest BCUT2D eigenvalue weighted by molar-refractivity contribution is -0.145. The topological polar surface area (TPSA) is 62.7 Å². The number of aryl methyl sites for hydroxylation is 1. The number of nitrogens with zero attached hydrogens (tertiary/aromatic N) is 2. The van der Waals surface area contributed by atoms with Gasteiger partial charge in [-0.2, -0.15) is 0 Å². The lowest BCUT2D eigenvalue weighted by Gasteiger charge is -2.36. The number of aromatic nitrogens is 1. The zero-order valence-corrected chi connectivity index (χ0v) is 14.0. The first-order chi connectivity index (χ1) is 10.6. The molecule has 1 N–H and O–H groups in total. The van der Waals surface area contributed by atoms with Gasteiger partial charge in [-0.1, -0.05) is 0 Å². The minimum Gasteiger partial charge on any atom is -0.469 e. The Morgan fingerprint density at radius 3 is 2.73 bits per heavy atom. The Kier molecular flexibility index (Phi) is 4.80. The lowest BCUT2D eigenvalue weighted by Crippen LogP contribution is -2.44. The van der Waals surface area contributed by atoms with E-state index in [9.17, 15) is 9.90 Å². The number of aliphatic hydroxyl groups is 1. The molecule has 1 saturated heterocycles. The summed E-state index contributed by atoms with van der Waals surface area (Å²) in [6.07, 6.45) is 3.00. The number of piperidine rings is 1. The van der Waals surface area contributed by atoms with Crippen molar-refractivity contribution in [1.82, 2.24) is 9.88 Å². The van der Waals surface area contributed by atoms with Crippen LogP contribution in [0.15, 0.2) is 5.38 Å². The summed E-state index contributed by atoms with van der Waals surface area (Å²) in [6.45, 7) is 3.98. The zero-order valence-electron chi connectivity index (χ0n) is 13.2. The van der Waals surface area contributed by atoms with Crippen LogP contribution in [0.25, 0.3) is 0 Å². The molecule has 122 valence electrons. The molecule has 1 aromatic rings. The van der Waals surface area contributed by atoms with Gasteiger partial charge in [-0.25, -0.2) is 4.98 Å². The molecular formula is C16H24N2O3S. The Morgan fingerprint density at radius 2 is 2.14 bits per heavy atom. The SMILES string of the molecule is COC(=O)[C@H]1C[C@H](O)[C@@H](N2CCC(c3nc(C)cs3)CC2)C1. The first-order valence-electron chi connectivity index (χ1n) is 8.00. The molecule has 2 aliphatic rings. The van der Waals surface area contributed by atoms with E-state index in [0.29, 0.717) is 12.3 Å². The number of methoxy groups -OCH3 is 1. The average Bonchev–Trinajstić information content (AvgIpc) is 3.13. The van der Waals surface area contributed by atoms with Crippen molar-refractivity contribution in [1.29, 1.82) is 0 Å². The fraction of sp³-hybridized carbons (Fsp3) is 0.750. The van der Waals surface area contributed by atoms with Crippen LogP contribution in [0, 0.1) is 12.8 Å². The zero-order chi connectivity index (χ0) is 15.7. The summed E-state index contributed by atoms with van der Waals surface area (Å²) in [5.41, 5.74) is 1.11. The van der Waals surface area contributed by atoms with Gasteiger partial charge in [0.15, 0.2) is 0 Å². The van der Waals surface area contributed by atoms with Crippen LogP contribution in [0.5, 0.6) is 0 Å². The van der Waals surface area contributed by atoms with Gasteiger partial charge < -0.3 is 9.84 Å². The molecule has 2 heterocycles. The highest BCUT2D eigenvalue weighted by molar-refractivity contribution is 7.09. The molecule has 6 heteroatoms. The average molecular weight is 324 g/mol. The second-order valence-electron chi connectivity index (χ2n) is 6.46. The monoisotopic (exact) mass is 324 g/mol. The second kappa shape index (κ2) is 6.64.